The monoisotopic (exact) mass is 211 g/mol. The van der Waals surface area contributed by atoms with Crippen molar-refractivity contribution in [2.24, 2.45) is 0 Å². The van der Waals surface area contributed by atoms with Gasteiger partial charge in [-0.1, -0.05) is 0 Å². The van der Waals surface area contributed by atoms with E-state index < -0.39 is 13.0 Å². The summed E-state index contributed by atoms with van der Waals surface area (Å²) in [5, 5.41) is 11.5. The van der Waals surface area contributed by atoms with Gasteiger partial charge in [-0.3, -0.25) is 0 Å². The molecule has 2 N–H and O–H groups in total. The van der Waals surface area contributed by atoms with E-state index in [0.29, 0.717) is 13.2 Å². The van der Waals surface area contributed by atoms with Crippen molar-refractivity contribution < 1.29 is 18.6 Å². The van der Waals surface area contributed by atoms with Gasteiger partial charge in [-0.15, -0.1) is 0 Å². The number of nitrogens with one attached hydrogen (secondary N) is 1. The summed E-state index contributed by atoms with van der Waals surface area (Å²) < 4.78 is 27.8. The third kappa shape index (κ3) is 11.7. The second kappa shape index (κ2) is 10.8. The number of unbranched alkanes of at least 4 members (excludes halogenated alkanes) is 2. The second-order valence-corrected chi connectivity index (χ2v) is 3.00. The molecule has 0 saturated carbocycles. The summed E-state index contributed by atoms with van der Waals surface area (Å²) in [5.74, 6) is 0. The van der Waals surface area contributed by atoms with Crippen LogP contribution in [-0.4, -0.2) is 44.4 Å². The number of rotatable bonds is 10. The molecule has 0 heterocycles. The molecule has 0 atom stereocenters. The van der Waals surface area contributed by atoms with Crippen molar-refractivity contribution in [2.45, 2.75) is 25.7 Å². The lowest BCUT2D eigenvalue weighted by Crippen LogP contribution is -2.22. The zero-order valence-corrected chi connectivity index (χ0v) is 8.35. The number of hydrogen-bond acceptors (Lipinski definition) is 3. The minimum Gasteiger partial charge on any atom is -0.396 e. The van der Waals surface area contributed by atoms with Gasteiger partial charge in [0, 0.05) is 13.2 Å². The number of alkyl halides is 2. The highest BCUT2D eigenvalue weighted by atomic mass is 19.3. The molecule has 0 radical (unpaired) electrons. The fourth-order valence-corrected chi connectivity index (χ4v) is 0.980. The summed E-state index contributed by atoms with van der Waals surface area (Å²) in [6.45, 7) is 1.53. The van der Waals surface area contributed by atoms with Gasteiger partial charge in [-0.2, -0.15) is 0 Å². The molecule has 0 spiro atoms. The van der Waals surface area contributed by atoms with Crippen molar-refractivity contribution in [1.82, 2.24) is 5.32 Å². The van der Waals surface area contributed by atoms with E-state index >= 15 is 0 Å². The van der Waals surface area contributed by atoms with Crippen molar-refractivity contribution in [3.63, 3.8) is 0 Å². The zero-order valence-electron chi connectivity index (χ0n) is 8.35. The van der Waals surface area contributed by atoms with Crippen LogP contribution < -0.4 is 5.32 Å². The highest BCUT2D eigenvalue weighted by Crippen LogP contribution is 1.92. The van der Waals surface area contributed by atoms with Gasteiger partial charge in [0.15, 0.2) is 0 Å². The normalized spacial score (nSPS) is 11.1. The Balaban J connectivity index is 2.85. The Kier molecular flexibility index (Phi) is 10.6. The van der Waals surface area contributed by atoms with E-state index in [1.807, 2.05) is 0 Å². The first-order valence-corrected chi connectivity index (χ1v) is 4.95. The number of aliphatic hydroxyl groups is 1. The third-order valence-electron chi connectivity index (χ3n) is 1.68. The summed E-state index contributed by atoms with van der Waals surface area (Å²) in [5.41, 5.74) is 0. The van der Waals surface area contributed by atoms with Crippen LogP contribution in [0, 0.1) is 0 Å². The van der Waals surface area contributed by atoms with Crippen LogP contribution in [0.15, 0.2) is 0 Å². The van der Waals surface area contributed by atoms with Crippen LogP contribution in [0.3, 0.4) is 0 Å². The van der Waals surface area contributed by atoms with Crippen LogP contribution in [0.2, 0.25) is 0 Å². The smallest absolute Gasteiger partial charge is 0.261 e. The van der Waals surface area contributed by atoms with E-state index in [1.54, 1.807) is 0 Å². The maximum Gasteiger partial charge on any atom is 0.261 e. The molecule has 0 aromatic carbocycles. The SMILES string of the molecule is OCCCCCNCCOCC(F)F. The standard InChI is InChI=1S/C9H19F2NO2/c10-9(11)8-14-7-5-12-4-2-1-3-6-13/h9,12-13H,1-8H2. The minimum absolute atomic E-state index is 0.234. The lowest BCUT2D eigenvalue weighted by molar-refractivity contribution is 0.0188. The topological polar surface area (TPSA) is 41.5 Å². The minimum atomic E-state index is -2.38. The Bertz CT molecular complexity index is 115. The van der Waals surface area contributed by atoms with Gasteiger partial charge in [0.1, 0.15) is 6.61 Å². The van der Waals surface area contributed by atoms with Crippen molar-refractivity contribution in [3.05, 3.63) is 0 Å². The van der Waals surface area contributed by atoms with Gasteiger partial charge in [0.05, 0.1) is 6.61 Å². The molecule has 0 aliphatic carbocycles. The molecule has 86 valence electrons. The lowest BCUT2D eigenvalue weighted by atomic mass is 10.2. The quantitative estimate of drug-likeness (QED) is 0.530. The molecule has 3 nitrogen and oxygen atoms in total. The van der Waals surface area contributed by atoms with Crippen LogP contribution in [0.1, 0.15) is 19.3 Å². The van der Waals surface area contributed by atoms with Crippen molar-refractivity contribution in [1.29, 1.82) is 0 Å². The number of halogens is 2. The van der Waals surface area contributed by atoms with Gasteiger partial charge in [0.2, 0.25) is 0 Å². The molecule has 0 fully saturated rings. The van der Waals surface area contributed by atoms with Crippen LogP contribution in [0.25, 0.3) is 0 Å². The maximum atomic E-state index is 11.6. The molecular weight excluding hydrogens is 192 g/mol. The summed E-state index contributed by atoms with van der Waals surface area (Å²) in [6.07, 6.45) is 0.431. The largest absolute Gasteiger partial charge is 0.396 e. The Morgan fingerprint density at radius 1 is 1.14 bits per heavy atom. The van der Waals surface area contributed by atoms with Crippen molar-refractivity contribution >= 4 is 0 Å². The number of hydrogen-bond donors (Lipinski definition) is 2. The van der Waals surface area contributed by atoms with Crippen molar-refractivity contribution in [2.75, 3.05) is 32.9 Å². The average Bonchev–Trinajstić information content (AvgIpc) is 2.15. The first-order valence-electron chi connectivity index (χ1n) is 4.95. The average molecular weight is 211 g/mol. The van der Waals surface area contributed by atoms with Gasteiger partial charge in [-0.25, -0.2) is 8.78 Å². The van der Waals surface area contributed by atoms with E-state index in [2.05, 4.69) is 10.1 Å². The van der Waals surface area contributed by atoms with Gasteiger partial charge in [0.25, 0.3) is 6.43 Å². The summed E-state index contributed by atoms with van der Waals surface area (Å²) in [6, 6.07) is 0. The fraction of sp³-hybridized carbons (Fsp3) is 1.00. The molecule has 0 aliphatic heterocycles. The lowest BCUT2D eigenvalue weighted by Gasteiger charge is -2.05. The third-order valence-corrected chi connectivity index (χ3v) is 1.68. The summed E-state index contributed by atoms with van der Waals surface area (Å²) >= 11 is 0. The molecule has 0 aliphatic rings. The van der Waals surface area contributed by atoms with Crippen LogP contribution in [-0.2, 0) is 4.74 Å². The molecule has 0 aromatic heterocycles. The molecule has 0 bridgehead atoms. The van der Waals surface area contributed by atoms with E-state index in [1.165, 1.54) is 0 Å². The predicted octanol–water partition coefficient (Wildman–Crippen LogP) is 1.02. The van der Waals surface area contributed by atoms with Gasteiger partial charge < -0.3 is 15.2 Å². The van der Waals surface area contributed by atoms with E-state index in [9.17, 15) is 8.78 Å². The molecule has 0 saturated heterocycles. The molecule has 0 amide bonds. The first-order chi connectivity index (χ1) is 6.77. The number of ether oxygens (including phenoxy) is 1. The first kappa shape index (κ1) is 13.7. The molecule has 14 heavy (non-hydrogen) atoms. The van der Waals surface area contributed by atoms with Crippen LogP contribution in [0.4, 0.5) is 8.78 Å². The molecule has 5 heteroatoms. The van der Waals surface area contributed by atoms with Crippen LogP contribution in [0.5, 0.6) is 0 Å². The Labute approximate surface area is 83.4 Å². The Morgan fingerprint density at radius 3 is 2.57 bits per heavy atom. The highest BCUT2D eigenvalue weighted by molar-refractivity contribution is 4.48. The molecule has 0 rings (SSSR count). The molecule has 0 unspecified atom stereocenters. The fourth-order valence-electron chi connectivity index (χ4n) is 0.980. The van der Waals surface area contributed by atoms with Crippen molar-refractivity contribution in [3.8, 4) is 0 Å². The highest BCUT2D eigenvalue weighted by Gasteiger charge is 2.00. The second-order valence-electron chi connectivity index (χ2n) is 3.00. The summed E-state index contributed by atoms with van der Waals surface area (Å²) in [7, 11) is 0. The zero-order chi connectivity index (χ0) is 10.6. The van der Waals surface area contributed by atoms with E-state index in [0.717, 1.165) is 25.8 Å². The van der Waals surface area contributed by atoms with E-state index in [-0.39, 0.29) is 6.61 Å². The summed E-state index contributed by atoms with van der Waals surface area (Å²) in [4.78, 5) is 0. The van der Waals surface area contributed by atoms with E-state index in [4.69, 9.17) is 5.11 Å². The predicted molar refractivity (Wildman–Crippen MR) is 50.6 cm³/mol. The molecule has 0 aromatic rings. The Morgan fingerprint density at radius 2 is 1.93 bits per heavy atom. The number of aliphatic hydroxyl groups excluding tert-OH is 1. The van der Waals surface area contributed by atoms with Gasteiger partial charge in [-0.05, 0) is 25.8 Å². The maximum absolute atomic E-state index is 11.6. The molecular formula is C9H19F2NO2. The van der Waals surface area contributed by atoms with Crippen LogP contribution >= 0.6 is 0 Å². The van der Waals surface area contributed by atoms with Gasteiger partial charge >= 0.3 is 0 Å². The Hall–Kier alpha value is -0.260.